The summed E-state index contributed by atoms with van der Waals surface area (Å²) in [5.74, 6) is -1.21. The Balaban J connectivity index is 2.80. The Morgan fingerprint density at radius 1 is 1.00 bits per heavy atom. The fraction of sp³-hybridized carbons (Fsp3) is 0.632. The molecule has 4 atom stereocenters. The van der Waals surface area contributed by atoms with E-state index in [-0.39, 0.29) is 55.9 Å². The summed E-state index contributed by atoms with van der Waals surface area (Å²) in [6.45, 7) is 5.68. The maximum atomic E-state index is 11.9. The van der Waals surface area contributed by atoms with Gasteiger partial charge in [-0.1, -0.05) is 38.2 Å². The fourth-order valence-corrected chi connectivity index (χ4v) is 2.33. The van der Waals surface area contributed by atoms with Gasteiger partial charge in [0, 0.05) is 25.4 Å². The molecule has 0 spiro atoms. The number of hydrogen-bond donors (Lipinski definition) is 1. The highest BCUT2D eigenvalue weighted by molar-refractivity contribution is 5.84. The second-order valence-corrected chi connectivity index (χ2v) is 6.48. The lowest BCUT2D eigenvalue weighted by Crippen LogP contribution is -2.39. The van der Waals surface area contributed by atoms with E-state index in [4.69, 9.17) is 14.2 Å². The van der Waals surface area contributed by atoms with Crippen LogP contribution in [0.2, 0.25) is 0 Å². The van der Waals surface area contributed by atoms with E-state index >= 15 is 0 Å². The molecule has 0 saturated heterocycles. The largest absolute Gasteiger partial charge is 0.464 e. The number of cyclic esters (lactones) is 2. The molecule has 0 saturated carbocycles. The molecule has 1 N–H and O–H groups in total. The second-order valence-electron chi connectivity index (χ2n) is 6.48. The van der Waals surface area contributed by atoms with Crippen molar-refractivity contribution < 1.29 is 28.6 Å². The average molecular weight is 367 g/mol. The third-order valence-corrected chi connectivity index (χ3v) is 4.01. The number of amides is 1. The van der Waals surface area contributed by atoms with Crippen molar-refractivity contribution in [2.75, 3.05) is 20.3 Å². The van der Waals surface area contributed by atoms with E-state index < -0.39 is 12.0 Å². The minimum absolute atomic E-state index is 0.0440. The monoisotopic (exact) mass is 367 g/mol. The molecule has 0 aromatic rings. The molecule has 7 nitrogen and oxygen atoms in total. The summed E-state index contributed by atoms with van der Waals surface area (Å²) in [6.07, 6.45) is 7.01. The standard InChI is InChI=1S/C19H29NO6/c1-13-7-5-10-18(22)25-12-16(24-4)14(2)8-6-9-17(21)20-15(3)19(23)26-11-13/h5-8,13-16H,9-12H2,1-4H3,(H,20,21)/b7-5-,8-6-/t13-,14-,15+,16-/m0/s1. The average Bonchev–Trinajstić information content (AvgIpc) is 2.59. The molecule has 0 unspecified atom stereocenters. The van der Waals surface area contributed by atoms with E-state index in [1.54, 1.807) is 32.3 Å². The summed E-state index contributed by atoms with van der Waals surface area (Å²) in [7, 11) is 1.55. The first-order valence-corrected chi connectivity index (χ1v) is 8.81. The topological polar surface area (TPSA) is 90.9 Å². The van der Waals surface area contributed by atoms with Gasteiger partial charge in [0.1, 0.15) is 12.6 Å². The molecule has 0 aromatic carbocycles. The summed E-state index contributed by atoms with van der Waals surface area (Å²) >= 11 is 0. The molecule has 1 aliphatic rings. The highest BCUT2D eigenvalue weighted by Crippen LogP contribution is 2.11. The molecule has 1 aliphatic heterocycles. The van der Waals surface area contributed by atoms with Crippen molar-refractivity contribution in [3.8, 4) is 0 Å². The van der Waals surface area contributed by atoms with Crippen molar-refractivity contribution in [2.24, 2.45) is 11.8 Å². The van der Waals surface area contributed by atoms with E-state index in [1.165, 1.54) is 0 Å². The van der Waals surface area contributed by atoms with E-state index in [0.717, 1.165) is 0 Å². The lowest BCUT2D eigenvalue weighted by atomic mass is 10.0. The molecule has 0 radical (unpaired) electrons. The first-order valence-electron chi connectivity index (χ1n) is 8.81. The molecule has 0 bridgehead atoms. The SMILES string of the molecule is CO[C@H]1COC(=O)C/C=C\[C@H](C)COC(=O)[C@@H](C)NC(=O)C/C=C\[C@@H]1C. The van der Waals surface area contributed by atoms with Gasteiger partial charge in [-0.2, -0.15) is 0 Å². The Bertz CT molecular complexity index is 542. The predicted molar refractivity (Wildman–Crippen MR) is 96.2 cm³/mol. The van der Waals surface area contributed by atoms with Crippen molar-refractivity contribution in [1.82, 2.24) is 5.32 Å². The summed E-state index contributed by atoms with van der Waals surface area (Å²) < 4.78 is 15.8. The zero-order valence-electron chi connectivity index (χ0n) is 15.9. The number of hydrogen-bond acceptors (Lipinski definition) is 6. The Morgan fingerprint density at radius 3 is 2.38 bits per heavy atom. The Kier molecular flexibility index (Phi) is 9.65. The molecule has 0 aromatic heterocycles. The smallest absolute Gasteiger partial charge is 0.328 e. The zero-order chi connectivity index (χ0) is 19.5. The van der Waals surface area contributed by atoms with Crippen LogP contribution in [0.3, 0.4) is 0 Å². The van der Waals surface area contributed by atoms with Crippen LogP contribution in [0.1, 0.15) is 33.6 Å². The summed E-state index contributed by atoms with van der Waals surface area (Å²) in [5.41, 5.74) is 0. The van der Waals surface area contributed by atoms with Crippen LogP contribution in [0.25, 0.3) is 0 Å². The molecular formula is C19H29NO6. The number of esters is 2. The number of carbonyl (C=O) groups excluding carboxylic acids is 3. The molecule has 0 aliphatic carbocycles. The fourth-order valence-electron chi connectivity index (χ4n) is 2.33. The van der Waals surface area contributed by atoms with Gasteiger partial charge in [-0.15, -0.1) is 0 Å². The Hall–Kier alpha value is -2.15. The zero-order valence-corrected chi connectivity index (χ0v) is 15.9. The summed E-state index contributed by atoms with van der Waals surface area (Å²) in [4.78, 5) is 35.6. The van der Waals surface area contributed by atoms with E-state index in [9.17, 15) is 14.4 Å². The molecule has 7 heteroatoms. The number of carbonyl (C=O) groups is 3. The minimum atomic E-state index is -0.718. The maximum absolute atomic E-state index is 11.9. The maximum Gasteiger partial charge on any atom is 0.328 e. The Morgan fingerprint density at radius 2 is 1.69 bits per heavy atom. The Labute approximate surface area is 154 Å². The summed E-state index contributed by atoms with van der Waals surface area (Å²) in [6, 6.07) is -0.718. The van der Waals surface area contributed by atoms with Crippen LogP contribution in [0.4, 0.5) is 0 Å². The first kappa shape index (κ1) is 21.9. The van der Waals surface area contributed by atoms with Crippen molar-refractivity contribution >= 4 is 17.8 Å². The van der Waals surface area contributed by atoms with E-state index in [1.807, 2.05) is 19.9 Å². The van der Waals surface area contributed by atoms with Gasteiger partial charge >= 0.3 is 11.9 Å². The quantitative estimate of drug-likeness (QED) is 0.561. The second kappa shape index (κ2) is 11.5. The van der Waals surface area contributed by atoms with Crippen molar-refractivity contribution in [1.29, 1.82) is 0 Å². The molecular weight excluding hydrogens is 338 g/mol. The number of ether oxygens (including phenoxy) is 3. The predicted octanol–water partition coefficient (Wildman–Crippen LogP) is 1.77. The van der Waals surface area contributed by atoms with Crippen molar-refractivity contribution in [2.45, 2.75) is 45.8 Å². The lowest BCUT2D eigenvalue weighted by molar-refractivity contribution is -0.148. The van der Waals surface area contributed by atoms with Crippen LogP contribution in [0.5, 0.6) is 0 Å². The van der Waals surface area contributed by atoms with Gasteiger partial charge in [0.15, 0.2) is 0 Å². The van der Waals surface area contributed by atoms with E-state index in [0.29, 0.717) is 0 Å². The lowest BCUT2D eigenvalue weighted by Gasteiger charge is -2.20. The van der Waals surface area contributed by atoms with Crippen LogP contribution in [0.15, 0.2) is 24.3 Å². The highest BCUT2D eigenvalue weighted by atomic mass is 16.6. The molecule has 1 amide bonds. The van der Waals surface area contributed by atoms with Crippen LogP contribution in [0, 0.1) is 11.8 Å². The highest BCUT2D eigenvalue weighted by Gasteiger charge is 2.19. The molecule has 26 heavy (non-hydrogen) atoms. The van der Waals surface area contributed by atoms with Gasteiger partial charge in [-0.25, -0.2) is 4.79 Å². The van der Waals surface area contributed by atoms with Gasteiger partial charge in [0.25, 0.3) is 0 Å². The first-order chi connectivity index (χ1) is 12.3. The van der Waals surface area contributed by atoms with Crippen molar-refractivity contribution in [3.63, 3.8) is 0 Å². The van der Waals surface area contributed by atoms with Gasteiger partial charge in [-0.05, 0) is 6.92 Å². The van der Waals surface area contributed by atoms with Gasteiger partial charge in [0.2, 0.25) is 5.91 Å². The molecule has 0 fully saturated rings. The third-order valence-electron chi connectivity index (χ3n) is 4.01. The molecule has 1 heterocycles. The van der Waals surface area contributed by atoms with E-state index in [2.05, 4.69) is 5.32 Å². The number of rotatable bonds is 1. The van der Waals surface area contributed by atoms with Gasteiger partial charge in [0.05, 0.1) is 19.1 Å². The molecule has 146 valence electrons. The van der Waals surface area contributed by atoms with Crippen LogP contribution >= 0.6 is 0 Å². The minimum Gasteiger partial charge on any atom is -0.464 e. The van der Waals surface area contributed by atoms with Crippen LogP contribution in [-0.2, 0) is 28.6 Å². The van der Waals surface area contributed by atoms with Gasteiger partial charge in [-0.3, -0.25) is 9.59 Å². The van der Waals surface area contributed by atoms with Crippen molar-refractivity contribution in [3.05, 3.63) is 24.3 Å². The number of methoxy groups -OCH3 is 1. The number of nitrogens with one attached hydrogen (secondary N) is 1. The van der Waals surface area contributed by atoms with Crippen LogP contribution in [-0.4, -0.2) is 50.3 Å². The third kappa shape index (κ3) is 8.29. The molecule has 1 rings (SSSR count). The summed E-state index contributed by atoms with van der Waals surface area (Å²) in [5, 5.41) is 2.61. The normalized spacial score (nSPS) is 32.4. The van der Waals surface area contributed by atoms with Gasteiger partial charge < -0.3 is 19.5 Å². The van der Waals surface area contributed by atoms with Crippen LogP contribution < -0.4 is 5.32 Å².